The molecule has 1 aromatic carbocycles. The first-order valence-electron chi connectivity index (χ1n) is 6.47. The molecule has 0 aliphatic rings. The molecule has 1 heterocycles. The van der Waals surface area contributed by atoms with E-state index in [1.807, 2.05) is 38.6 Å². The summed E-state index contributed by atoms with van der Waals surface area (Å²) in [5, 5.41) is 2.95. The molecule has 4 nitrogen and oxygen atoms in total. The molecular formula is C14H19N3OS2. The molecule has 108 valence electrons. The first-order valence-corrected chi connectivity index (χ1v) is 8.52. The predicted molar refractivity (Wildman–Crippen MR) is 87.8 cm³/mol. The molecule has 1 amide bonds. The van der Waals surface area contributed by atoms with Gasteiger partial charge in [-0.25, -0.2) is 4.98 Å². The fraction of sp³-hybridized carbons (Fsp3) is 0.429. The van der Waals surface area contributed by atoms with Crippen molar-refractivity contribution < 1.29 is 4.79 Å². The second-order valence-corrected chi connectivity index (χ2v) is 6.91. The van der Waals surface area contributed by atoms with E-state index in [1.165, 1.54) is 0 Å². The first kappa shape index (κ1) is 15.3. The molecule has 0 aliphatic carbocycles. The lowest BCUT2D eigenvalue weighted by atomic mass is 10.2. The Hall–Kier alpha value is -1.11. The average molecular weight is 309 g/mol. The van der Waals surface area contributed by atoms with E-state index in [1.54, 1.807) is 23.1 Å². The van der Waals surface area contributed by atoms with Crippen LogP contribution < -0.4 is 5.32 Å². The van der Waals surface area contributed by atoms with E-state index in [0.717, 1.165) is 33.2 Å². The van der Waals surface area contributed by atoms with Crippen molar-refractivity contribution in [3.8, 4) is 0 Å². The number of thiazole rings is 1. The molecule has 0 fully saturated rings. The van der Waals surface area contributed by atoms with Crippen LogP contribution >= 0.6 is 23.1 Å². The van der Waals surface area contributed by atoms with Crippen LogP contribution in [0.15, 0.2) is 22.5 Å². The lowest BCUT2D eigenvalue weighted by Gasteiger charge is -2.09. The van der Waals surface area contributed by atoms with Gasteiger partial charge in [-0.05, 0) is 51.5 Å². The number of hydrogen-bond donors (Lipinski definition) is 1. The summed E-state index contributed by atoms with van der Waals surface area (Å²) >= 11 is 3.30. The van der Waals surface area contributed by atoms with Crippen LogP contribution in [-0.4, -0.2) is 42.7 Å². The fourth-order valence-corrected chi connectivity index (χ4v) is 3.38. The number of rotatable bonds is 6. The number of carbonyl (C=O) groups excluding carboxylic acids is 1. The smallest absolute Gasteiger partial charge is 0.224 e. The molecule has 20 heavy (non-hydrogen) atoms. The largest absolute Gasteiger partial charge is 0.326 e. The number of nitrogens with one attached hydrogen (secondary N) is 1. The van der Waals surface area contributed by atoms with Crippen LogP contribution in [0, 0.1) is 0 Å². The minimum Gasteiger partial charge on any atom is -0.326 e. The molecule has 0 saturated heterocycles. The Morgan fingerprint density at radius 3 is 2.95 bits per heavy atom. The van der Waals surface area contributed by atoms with Gasteiger partial charge in [0.2, 0.25) is 5.91 Å². The van der Waals surface area contributed by atoms with E-state index in [9.17, 15) is 4.79 Å². The Kier molecular flexibility index (Phi) is 5.39. The van der Waals surface area contributed by atoms with Crippen LogP contribution in [0.2, 0.25) is 0 Å². The van der Waals surface area contributed by atoms with Crippen molar-refractivity contribution in [3.63, 3.8) is 0 Å². The molecule has 1 N–H and O–H groups in total. The summed E-state index contributed by atoms with van der Waals surface area (Å²) in [6, 6.07) is 5.87. The van der Waals surface area contributed by atoms with Crippen LogP contribution in [0.5, 0.6) is 0 Å². The summed E-state index contributed by atoms with van der Waals surface area (Å²) in [4.78, 5) is 18.4. The van der Waals surface area contributed by atoms with Crippen LogP contribution in [0.3, 0.4) is 0 Å². The summed E-state index contributed by atoms with van der Waals surface area (Å²) in [6.45, 7) is 0.929. The number of fused-ring (bicyclic) bond motifs is 1. The maximum atomic E-state index is 11.8. The first-order chi connectivity index (χ1) is 9.58. The van der Waals surface area contributed by atoms with Gasteiger partial charge in [0.1, 0.15) is 0 Å². The van der Waals surface area contributed by atoms with Crippen molar-refractivity contribution >= 4 is 44.9 Å². The van der Waals surface area contributed by atoms with Crippen molar-refractivity contribution in [1.82, 2.24) is 9.88 Å². The number of aromatic nitrogens is 1. The van der Waals surface area contributed by atoms with Gasteiger partial charge < -0.3 is 10.2 Å². The lowest BCUT2D eigenvalue weighted by Crippen LogP contribution is -2.17. The summed E-state index contributed by atoms with van der Waals surface area (Å²) in [5.41, 5.74) is 1.84. The standard InChI is InChI=1S/C14H19N3OS2/c1-17(2)8-4-5-13(18)15-10-6-7-11-12(9-10)20-14(16-11)19-3/h6-7,9H,4-5,8H2,1-3H3,(H,15,18). The molecule has 0 aliphatic heterocycles. The molecule has 6 heteroatoms. The highest BCUT2D eigenvalue weighted by Gasteiger charge is 2.06. The SMILES string of the molecule is CSc1nc2ccc(NC(=O)CCCN(C)C)cc2s1. The molecular weight excluding hydrogens is 290 g/mol. The Balaban J connectivity index is 1.97. The highest BCUT2D eigenvalue weighted by atomic mass is 32.2. The second-order valence-electron chi connectivity index (χ2n) is 4.82. The van der Waals surface area contributed by atoms with Crippen LogP contribution in [0.4, 0.5) is 5.69 Å². The molecule has 0 spiro atoms. The quantitative estimate of drug-likeness (QED) is 0.832. The Labute approximate surface area is 127 Å². The molecule has 0 saturated carbocycles. The topological polar surface area (TPSA) is 45.2 Å². The predicted octanol–water partition coefficient (Wildman–Crippen LogP) is 3.30. The molecule has 1 aromatic heterocycles. The lowest BCUT2D eigenvalue weighted by molar-refractivity contribution is -0.116. The van der Waals surface area contributed by atoms with Crippen LogP contribution in [0.25, 0.3) is 10.2 Å². The Morgan fingerprint density at radius 1 is 1.45 bits per heavy atom. The molecule has 0 radical (unpaired) electrons. The van der Waals surface area contributed by atoms with E-state index in [0.29, 0.717) is 6.42 Å². The molecule has 0 unspecified atom stereocenters. The molecule has 2 rings (SSSR count). The van der Waals surface area contributed by atoms with Gasteiger partial charge >= 0.3 is 0 Å². The third-order valence-electron chi connectivity index (χ3n) is 2.84. The summed E-state index contributed by atoms with van der Waals surface area (Å²) < 4.78 is 2.16. The zero-order valence-corrected chi connectivity index (χ0v) is 13.6. The van der Waals surface area contributed by atoms with Gasteiger partial charge in [0.25, 0.3) is 0 Å². The van der Waals surface area contributed by atoms with E-state index in [4.69, 9.17) is 0 Å². The number of carbonyl (C=O) groups is 1. The van der Waals surface area contributed by atoms with E-state index in [2.05, 4.69) is 15.2 Å². The summed E-state index contributed by atoms with van der Waals surface area (Å²) in [5.74, 6) is 0.0702. The van der Waals surface area contributed by atoms with E-state index < -0.39 is 0 Å². The molecule has 2 aromatic rings. The van der Waals surface area contributed by atoms with Crippen LogP contribution in [-0.2, 0) is 4.79 Å². The normalized spacial score (nSPS) is 11.2. The Bertz CT molecular complexity index is 595. The van der Waals surface area contributed by atoms with E-state index in [-0.39, 0.29) is 5.91 Å². The van der Waals surface area contributed by atoms with E-state index >= 15 is 0 Å². The minimum absolute atomic E-state index is 0.0702. The van der Waals surface area contributed by atoms with Crippen molar-refractivity contribution in [3.05, 3.63) is 18.2 Å². The van der Waals surface area contributed by atoms with Crippen molar-refractivity contribution in [2.45, 2.75) is 17.2 Å². The van der Waals surface area contributed by atoms with Gasteiger partial charge in [-0.15, -0.1) is 11.3 Å². The number of thioether (sulfide) groups is 1. The van der Waals surface area contributed by atoms with Gasteiger partial charge in [0.15, 0.2) is 4.34 Å². The van der Waals surface area contributed by atoms with Crippen molar-refractivity contribution in [1.29, 1.82) is 0 Å². The number of amides is 1. The monoisotopic (exact) mass is 309 g/mol. The number of anilines is 1. The molecule has 0 atom stereocenters. The maximum absolute atomic E-state index is 11.8. The fourth-order valence-electron chi connectivity index (χ4n) is 1.85. The van der Waals surface area contributed by atoms with Gasteiger partial charge in [-0.1, -0.05) is 11.8 Å². The molecule has 0 bridgehead atoms. The zero-order valence-electron chi connectivity index (χ0n) is 12.0. The second kappa shape index (κ2) is 7.06. The Morgan fingerprint density at radius 2 is 2.25 bits per heavy atom. The summed E-state index contributed by atoms with van der Waals surface area (Å²) in [6.07, 6.45) is 3.44. The van der Waals surface area contributed by atoms with Gasteiger partial charge in [-0.3, -0.25) is 4.79 Å². The van der Waals surface area contributed by atoms with Gasteiger partial charge in [0, 0.05) is 12.1 Å². The average Bonchev–Trinajstić information content (AvgIpc) is 2.80. The van der Waals surface area contributed by atoms with Crippen molar-refractivity contribution in [2.75, 3.05) is 32.2 Å². The van der Waals surface area contributed by atoms with Crippen LogP contribution in [0.1, 0.15) is 12.8 Å². The van der Waals surface area contributed by atoms with Gasteiger partial charge in [-0.2, -0.15) is 0 Å². The number of hydrogen-bond acceptors (Lipinski definition) is 5. The third kappa shape index (κ3) is 4.19. The third-order valence-corrected chi connectivity index (χ3v) is 4.84. The number of nitrogens with zero attached hydrogens (tertiary/aromatic N) is 2. The highest BCUT2D eigenvalue weighted by Crippen LogP contribution is 2.29. The van der Waals surface area contributed by atoms with Crippen molar-refractivity contribution in [2.24, 2.45) is 0 Å². The highest BCUT2D eigenvalue weighted by molar-refractivity contribution is 8.00. The maximum Gasteiger partial charge on any atom is 0.224 e. The number of benzene rings is 1. The summed E-state index contributed by atoms with van der Waals surface area (Å²) in [7, 11) is 4.03. The zero-order chi connectivity index (χ0) is 14.5. The minimum atomic E-state index is 0.0702. The van der Waals surface area contributed by atoms with Gasteiger partial charge in [0.05, 0.1) is 10.2 Å².